The van der Waals surface area contributed by atoms with Crippen LogP contribution in [-0.4, -0.2) is 38.4 Å². The molecule has 0 saturated heterocycles. The number of ketones is 1. The number of ether oxygens (including phenoxy) is 1. The van der Waals surface area contributed by atoms with E-state index < -0.39 is 20.0 Å². The lowest BCUT2D eigenvalue weighted by atomic mass is 9.86. The van der Waals surface area contributed by atoms with Crippen molar-refractivity contribution >= 4 is 30.6 Å². The molecule has 1 amide bonds. The van der Waals surface area contributed by atoms with Crippen molar-refractivity contribution in [2.75, 3.05) is 6.61 Å². The van der Waals surface area contributed by atoms with Crippen molar-refractivity contribution in [1.29, 1.82) is 0 Å². The van der Waals surface area contributed by atoms with Gasteiger partial charge in [0, 0.05) is 0 Å². The van der Waals surface area contributed by atoms with Crippen LogP contribution in [-0.2, 0) is 14.0 Å². The lowest BCUT2D eigenvalue weighted by molar-refractivity contribution is -0.111. The number of carbonyl (C=O) groups excluding carboxylic acids is 2. The fraction of sp³-hybridized carbons (Fsp3) is 0.550. The van der Waals surface area contributed by atoms with Crippen LogP contribution in [0.25, 0.3) is 0 Å². The van der Waals surface area contributed by atoms with Crippen LogP contribution in [0.2, 0.25) is 5.04 Å². The number of unbranched alkanes of at least 4 members (excludes halogenated alkanes) is 4. The molecule has 3 rings (SSSR count). The molecule has 1 N–H and O–H groups in total. The van der Waals surface area contributed by atoms with E-state index >= 15 is 0 Å². The second-order valence-electron chi connectivity index (χ2n) is 14.8. The number of hydrogen-bond donors (Lipinski definition) is 1. The number of nitrogens with one attached hydrogen (secondary N) is 1. The van der Waals surface area contributed by atoms with Crippen LogP contribution in [0.15, 0.2) is 84.0 Å². The average Bonchev–Trinajstić information content (AvgIpc) is 3.01. The molecule has 2 aromatic rings. The first-order valence-corrected chi connectivity index (χ1v) is 19.4. The number of hydrogen-bond acceptors (Lipinski definition) is 4. The van der Waals surface area contributed by atoms with Crippen LogP contribution in [0.5, 0.6) is 0 Å². The molecule has 0 heterocycles. The monoisotopic (exact) mass is 645 g/mol. The Morgan fingerprint density at radius 1 is 0.870 bits per heavy atom. The Balaban J connectivity index is 1.88. The first-order valence-electron chi connectivity index (χ1n) is 17.5. The molecule has 1 aliphatic rings. The van der Waals surface area contributed by atoms with E-state index in [1.807, 2.05) is 32.9 Å². The molecule has 252 valence electrons. The van der Waals surface area contributed by atoms with Crippen molar-refractivity contribution in [2.45, 2.75) is 136 Å². The maximum absolute atomic E-state index is 13.3. The topological polar surface area (TPSA) is 64.6 Å². The molecule has 0 aromatic heterocycles. The normalized spacial score (nSPS) is 15.2. The first-order chi connectivity index (χ1) is 21.9. The quantitative estimate of drug-likeness (QED) is 0.112. The van der Waals surface area contributed by atoms with Crippen molar-refractivity contribution in [2.24, 2.45) is 0 Å². The smallest absolute Gasteiger partial charge is 0.407 e. The summed E-state index contributed by atoms with van der Waals surface area (Å²) < 4.78 is 12.9. The van der Waals surface area contributed by atoms with Gasteiger partial charge in [-0.15, -0.1) is 0 Å². The summed E-state index contributed by atoms with van der Waals surface area (Å²) in [6.07, 6.45) is 14.5. The fourth-order valence-electron chi connectivity index (χ4n) is 6.53. The standard InChI is InChI=1S/C40H59NO4Si/c1-8-9-10-11-12-19-28-37(42)36-27-21-20-22-32(36)29-30-33(41-38(43)45-39(2,3)4)31-44-46(40(5,6)7,34-23-15-13-16-24-34)35-25-17-14-18-26-35/h13-19,23-26,28,33H,8-12,20-22,27,29-31H2,1-7H3,(H,41,43)/b28-19+/t33-/m0/s1. The van der Waals surface area contributed by atoms with E-state index in [9.17, 15) is 9.59 Å². The van der Waals surface area contributed by atoms with Crippen LogP contribution in [0.3, 0.4) is 0 Å². The Labute approximate surface area is 280 Å². The highest BCUT2D eigenvalue weighted by molar-refractivity contribution is 6.99. The van der Waals surface area contributed by atoms with Gasteiger partial charge in [-0.05, 0) is 99.2 Å². The molecule has 0 saturated carbocycles. The van der Waals surface area contributed by atoms with Gasteiger partial charge >= 0.3 is 6.09 Å². The van der Waals surface area contributed by atoms with Gasteiger partial charge in [0.1, 0.15) is 5.60 Å². The minimum atomic E-state index is -2.80. The molecule has 6 heteroatoms. The van der Waals surface area contributed by atoms with Gasteiger partial charge in [-0.3, -0.25) is 4.79 Å². The molecule has 2 aromatic carbocycles. The van der Waals surface area contributed by atoms with E-state index in [4.69, 9.17) is 9.16 Å². The third-order valence-electron chi connectivity index (χ3n) is 8.81. The minimum Gasteiger partial charge on any atom is -0.444 e. The van der Waals surface area contributed by atoms with Gasteiger partial charge in [-0.25, -0.2) is 4.79 Å². The Hall–Kier alpha value is -2.96. The summed E-state index contributed by atoms with van der Waals surface area (Å²) in [5.74, 6) is 0.158. The van der Waals surface area contributed by atoms with Crippen molar-refractivity contribution in [3.05, 3.63) is 84.0 Å². The molecule has 0 radical (unpaired) electrons. The highest BCUT2D eigenvalue weighted by Gasteiger charge is 2.50. The molecule has 0 unspecified atom stereocenters. The average molecular weight is 646 g/mol. The maximum atomic E-state index is 13.3. The van der Waals surface area contributed by atoms with Crippen molar-refractivity contribution < 1.29 is 18.8 Å². The van der Waals surface area contributed by atoms with Gasteiger partial charge in [0.05, 0.1) is 12.6 Å². The zero-order valence-electron chi connectivity index (χ0n) is 29.6. The predicted molar refractivity (Wildman–Crippen MR) is 194 cm³/mol. The van der Waals surface area contributed by atoms with Crippen LogP contribution >= 0.6 is 0 Å². The summed E-state index contributed by atoms with van der Waals surface area (Å²) in [6.45, 7) is 15.0. The summed E-state index contributed by atoms with van der Waals surface area (Å²) in [4.78, 5) is 26.4. The van der Waals surface area contributed by atoms with Crippen molar-refractivity contribution in [3.63, 3.8) is 0 Å². The lowest BCUT2D eigenvalue weighted by Crippen LogP contribution is -2.67. The molecular weight excluding hydrogens is 587 g/mol. The van der Waals surface area contributed by atoms with E-state index in [0.29, 0.717) is 13.0 Å². The lowest BCUT2D eigenvalue weighted by Gasteiger charge is -2.43. The summed E-state index contributed by atoms with van der Waals surface area (Å²) in [5, 5.41) is 5.38. The third-order valence-corrected chi connectivity index (χ3v) is 13.8. The SMILES string of the molecule is CCCCCC/C=C/C(=O)C1=C(CC[C@@H](CO[Si](c2ccccc2)(c2ccccc2)C(C)(C)C)NC(=O)OC(C)(C)C)CCCC1. The largest absolute Gasteiger partial charge is 0.444 e. The Kier molecular flexibility index (Phi) is 14.5. The zero-order valence-corrected chi connectivity index (χ0v) is 30.6. The van der Waals surface area contributed by atoms with E-state index in [0.717, 1.165) is 50.5 Å². The molecule has 0 fully saturated rings. The van der Waals surface area contributed by atoms with Gasteiger partial charge in [0.25, 0.3) is 8.32 Å². The second kappa shape index (κ2) is 17.8. The Morgan fingerprint density at radius 3 is 2.04 bits per heavy atom. The second-order valence-corrected chi connectivity index (χ2v) is 19.1. The van der Waals surface area contributed by atoms with E-state index in [-0.39, 0.29) is 16.9 Å². The summed E-state index contributed by atoms with van der Waals surface area (Å²) in [6, 6.07) is 20.9. The molecule has 1 atom stereocenters. The third kappa shape index (κ3) is 11.1. The molecule has 46 heavy (non-hydrogen) atoms. The zero-order chi connectivity index (χ0) is 33.6. The van der Waals surface area contributed by atoms with Crippen molar-refractivity contribution in [1.82, 2.24) is 5.32 Å². The number of carbonyl (C=O) groups is 2. The van der Waals surface area contributed by atoms with Crippen LogP contribution in [0.4, 0.5) is 4.79 Å². The number of alkyl carbamates (subject to hydrolysis) is 1. The van der Waals surface area contributed by atoms with Gasteiger partial charge in [0.2, 0.25) is 0 Å². The highest BCUT2D eigenvalue weighted by Crippen LogP contribution is 2.37. The predicted octanol–water partition coefficient (Wildman–Crippen LogP) is 9.20. The van der Waals surface area contributed by atoms with Gasteiger partial charge in [-0.2, -0.15) is 0 Å². The molecule has 0 bridgehead atoms. The maximum Gasteiger partial charge on any atom is 0.407 e. The molecular formula is C40H59NO4Si. The van der Waals surface area contributed by atoms with E-state index in [2.05, 4.69) is 87.6 Å². The molecule has 5 nitrogen and oxygen atoms in total. The minimum absolute atomic E-state index is 0.158. The Bertz CT molecular complexity index is 1250. The number of amides is 1. The number of allylic oxidation sites excluding steroid dienone is 4. The van der Waals surface area contributed by atoms with Crippen molar-refractivity contribution in [3.8, 4) is 0 Å². The van der Waals surface area contributed by atoms with Gasteiger partial charge in [0.15, 0.2) is 5.78 Å². The van der Waals surface area contributed by atoms with E-state index in [1.165, 1.54) is 35.2 Å². The van der Waals surface area contributed by atoms with Gasteiger partial charge < -0.3 is 14.5 Å². The van der Waals surface area contributed by atoms with Gasteiger partial charge in [-0.1, -0.05) is 119 Å². The molecule has 0 aliphatic heterocycles. The summed E-state index contributed by atoms with van der Waals surface area (Å²) in [5.41, 5.74) is 1.59. The molecule has 1 aliphatic carbocycles. The Morgan fingerprint density at radius 2 is 1.48 bits per heavy atom. The van der Waals surface area contributed by atoms with Crippen LogP contribution in [0, 0.1) is 0 Å². The first kappa shape index (κ1) is 37.5. The van der Waals surface area contributed by atoms with E-state index in [1.54, 1.807) is 6.08 Å². The number of rotatable bonds is 16. The molecule has 0 spiro atoms. The summed E-state index contributed by atoms with van der Waals surface area (Å²) >= 11 is 0. The van der Waals surface area contributed by atoms with Crippen LogP contribution < -0.4 is 15.7 Å². The number of benzene rings is 2. The van der Waals surface area contributed by atoms with Crippen LogP contribution in [0.1, 0.15) is 119 Å². The highest BCUT2D eigenvalue weighted by atomic mass is 28.4. The summed E-state index contributed by atoms with van der Waals surface area (Å²) in [7, 11) is -2.80. The fourth-order valence-corrected chi connectivity index (χ4v) is 11.1.